The Morgan fingerprint density at radius 3 is 2.44 bits per heavy atom. The minimum atomic E-state index is -1.38. The summed E-state index contributed by atoms with van der Waals surface area (Å²) in [5.41, 5.74) is -0.00375. The van der Waals surface area contributed by atoms with E-state index in [1.807, 2.05) is 12.1 Å². The number of rotatable bonds is 8. The molecule has 5 rings (SSSR count). The van der Waals surface area contributed by atoms with E-state index in [2.05, 4.69) is 27.6 Å². The molecule has 0 bridgehead atoms. The van der Waals surface area contributed by atoms with Crippen molar-refractivity contribution in [2.75, 3.05) is 39.3 Å². The van der Waals surface area contributed by atoms with E-state index < -0.39 is 10.3 Å². The second-order valence-corrected chi connectivity index (χ2v) is 13.1. The third kappa shape index (κ3) is 7.22. The summed E-state index contributed by atoms with van der Waals surface area (Å²) >= 11 is 24.4. The van der Waals surface area contributed by atoms with Crippen molar-refractivity contribution in [1.29, 1.82) is 0 Å². The van der Waals surface area contributed by atoms with Gasteiger partial charge in [0.25, 0.3) is 5.91 Å². The largest absolute Gasteiger partial charge is 0.382 e. The summed E-state index contributed by atoms with van der Waals surface area (Å²) in [6.45, 7) is 2.30. The Balaban J connectivity index is 1.20. The molecule has 41 heavy (non-hydrogen) atoms. The Morgan fingerprint density at radius 2 is 1.78 bits per heavy atom. The van der Waals surface area contributed by atoms with E-state index in [-0.39, 0.29) is 31.4 Å². The zero-order valence-electron chi connectivity index (χ0n) is 21.7. The van der Waals surface area contributed by atoms with Crippen LogP contribution in [0.5, 0.6) is 0 Å². The number of thioether (sulfide) groups is 1. The minimum Gasteiger partial charge on any atom is -0.382 e. The highest BCUT2D eigenvalue weighted by Crippen LogP contribution is 2.38. The third-order valence-electron chi connectivity index (χ3n) is 6.98. The molecule has 9 nitrogen and oxygen atoms in total. The average molecular weight is 654 g/mol. The SMILES string of the molecule is O=C(CN1C(=O)C(=Cc2ccc(Cl)cc2)SC1S)N1CCN(CC(O)(Cn2cncn2)c2ccc(Cl)cc2Cl)CC1. The Labute approximate surface area is 262 Å². The number of carbonyl (C=O) groups is 2. The summed E-state index contributed by atoms with van der Waals surface area (Å²) in [6, 6.07) is 12.2. The number of hydrogen-bond acceptors (Lipinski definition) is 8. The molecule has 3 aromatic rings. The smallest absolute Gasteiger partial charge is 0.262 e. The molecular weight excluding hydrogens is 627 g/mol. The first-order valence-electron chi connectivity index (χ1n) is 12.7. The van der Waals surface area contributed by atoms with Gasteiger partial charge in [-0.25, -0.2) is 9.67 Å². The first-order valence-corrected chi connectivity index (χ1v) is 15.3. The molecular formula is C27H27Cl3N6O3S2. The van der Waals surface area contributed by atoms with Crippen LogP contribution in [0.25, 0.3) is 6.08 Å². The van der Waals surface area contributed by atoms with E-state index >= 15 is 0 Å². The molecule has 0 spiro atoms. The fraction of sp³-hybridized carbons (Fsp3) is 0.333. The number of aliphatic hydroxyl groups is 1. The van der Waals surface area contributed by atoms with E-state index in [0.29, 0.717) is 51.7 Å². The van der Waals surface area contributed by atoms with Crippen LogP contribution in [0, 0.1) is 0 Å². The number of piperazine rings is 1. The maximum atomic E-state index is 13.2. The topological polar surface area (TPSA) is 94.8 Å². The molecule has 14 heteroatoms. The van der Waals surface area contributed by atoms with Crippen LogP contribution in [-0.4, -0.2) is 90.4 Å². The van der Waals surface area contributed by atoms with E-state index in [1.165, 1.54) is 29.3 Å². The quantitative estimate of drug-likeness (QED) is 0.279. The van der Waals surface area contributed by atoms with E-state index in [9.17, 15) is 14.7 Å². The van der Waals surface area contributed by atoms with E-state index in [4.69, 9.17) is 34.8 Å². The van der Waals surface area contributed by atoms with Gasteiger partial charge in [-0.2, -0.15) is 5.10 Å². The summed E-state index contributed by atoms with van der Waals surface area (Å²) in [5, 5.41) is 17.4. The lowest BCUT2D eigenvalue weighted by Gasteiger charge is -2.40. The number of aromatic nitrogens is 3. The lowest BCUT2D eigenvalue weighted by molar-refractivity contribution is -0.139. The normalized spacial score (nSPS) is 20.6. The summed E-state index contributed by atoms with van der Waals surface area (Å²) in [5.74, 6) is -0.376. The molecule has 0 radical (unpaired) electrons. The van der Waals surface area contributed by atoms with Crippen molar-refractivity contribution in [3.63, 3.8) is 0 Å². The molecule has 2 fully saturated rings. The highest BCUT2D eigenvalue weighted by atomic mass is 35.5. The van der Waals surface area contributed by atoms with Crippen LogP contribution in [-0.2, 0) is 21.7 Å². The average Bonchev–Trinajstić information content (AvgIpc) is 3.53. The first-order chi connectivity index (χ1) is 19.6. The molecule has 1 aromatic heterocycles. The van der Waals surface area contributed by atoms with Crippen LogP contribution < -0.4 is 0 Å². The molecule has 0 saturated carbocycles. The zero-order valence-corrected chi connectivity index (χ0v) is 25.7. The number of β-amino-alcohol motifs (C(OH)–C–C–N with tert-alkyl or cyclic N) is 1. The lowest BCUT2D eigenvalue weighted by Crippen LogP contribution is -2.55. The molecule has 2 amide bonds. The zero-order chi connectivity index (χ0) is 29.1. The van der Waals surface area contributed by atoms with Crippen molar-refractivity contribution in [2.45, 2.75) is 16.9 Å². The van der Waals surface area contributed by atoms with Crippen LogP contribution in [0.3, 0.4) is 0 Å². The maximum absolute atomic E-state index is 13.2. The molecule has 216 valence electrons. The van der Waals surface area contributed by atoms with Crippen LogP contribution in [0.1, 0.15) is 11.1 Å². The third-order valence-corrected chi connectivity index (χ3v) is 9.38. The van der Waals surface area contributed by atoms with Crippen molar-refractivity contribution in [3.05, 3.63) is 86.2 Å². The summed E-state index contributed by atoms with van der Waals surface area (Å²) < 4.78 is 1.10. The van der Waals surface area contributed by atoms with Crippen molar-refractivity contribution >= 4 is 77.1 Å². The van der Waals surface area contributed by atoms with Gasteiger partial charge in [0.05, 0.1) is 11.4 Å². The van der Waals surface area contributed by atoms with Gasteiger partial charge in [-0.15, -0.1) is 12.6 Å². The Hall–Kier alpha value is -2.25. The van der Waals surface area contributed by atoms with Crippen molar-refractivity contribution < 1.29 is 14.7 Å². The molecule has 2 aliphatic rings. The number of carbonyl (C=O) groups excluding carboxylic acids is 2. The van der Waals surface area contributed by atoms with Gasteiger partial charge in [0.2, 0.25) is 5.91 Å². The molecule has 2 atom stereocenters. The minimum absolute atomic E-state index is 0.0609. The number of halogens is 3. The molecule has 2 saturated heterocycles. The summed E-state index contributed by atoms with van der Waals surface area (Å²) in [7, 11) is 0. The predicted molar refractivity (Wildman–Crippen MR) is 165 cm³/mol. The second-order valence-electron chi connectivity index (χ2n) is 9.84. The van der Waals surface area contributed by atoms with Gasteiger partial charge in [-0.05, 0) is 35.9 Å². The van der Waals surface area contributed by atoms with Gasteiger partial charge in [-0.3, -0.25) is 14.5 Å². The van der Waals surface area contributed by atoms with Crippen molar-refractivity contribution in [1.82, 2.24) is 29.5 Å². The standard InChI is InChI=1S/C27H27Cl3N6O3S2/c28-19-3-1-18(2-4-19)11-23-25(38)36(26(40)41-23)13-24(37)34-9-7-33(8-10-34)14-27(39,15-35-17-31-16-32-35)21-6-5-20(29)12-22(21)30/h1-6,11-12,16-17,26,39-40H,7-10,13-15H2. The Morgan fingerprint density at radius 1 is 1.07 bits per heavy atom. The molecule has 3 heterocycles. The number of nitrogens with zero attached hydrogens (tertiary/aromatic N) is 6. The summed E-state index contributed by atoms with van der Waals surface area (Å²) in [4.78, 5) is 36.0. The molecule has 2 aromatic carbocycles. The lowest BCUT2D eigenvalue weighted by atomic mass is 9.92. The van der Waals surface area contributed by atoms with Gasteiger partial charge in [-0.1, -0.05) is 64.8 Å². The van der Waals surface area contributed by atoms with Crippen molar-refractivity contribution in [2.24, 2.45) is 0 Å². The second kappa shape index (κ2) is 12.9. The van der Waals surface area contributed by atoms with Gasteiger partial charge < -0.3 is 14.9 Å². The van der Waals surface area contributed by atoms with Crippen LogP contribution in [0.4, 0.5) is 0 Å². The van der Waals surface area contributed by atoms with Crippen LogP contribution >= 0.6 is 59.2 Å². The summed E-state index contributed by atoms with van der Waals surface area (Å²) in [6.07, 6.45) is 4.72. The fourth-order valence-corrected chi connectivity index (χ4v) is 7.05. The highest BCUT2D eigenvalue weighted by molar-refractivity contribution is 8.14. The van der Waals surface area contributed by atoms with Crippen molar-refractivity contribution in [3.8, 4) is 0 Å². The van der Waals surface area contributed by atoms with Gasteiger partial charge >= 0.3 is 0 Å². The number of amides is 2. The molecule has 0 aliphatic carbocycles. The van der Waals surface area contributed by atoms with Crippen LogP contribution in [0.15, 0.2) is 60.0 Å². The molecule has 1 N–H and O–H groups in total. The fourth-order valence-electron chi connectivity index (χ4n) is 4.87. The van der Waals surface area contributed by atoms with E-state index in [0.717, 1.165) is 5.56 Å². The van der Waals surface area contributed by atoms with Gasteiger partial charge in [0.15, 0.2) is 0 Å². The number of hydrogen-bond donors (Lipinski definition) is 2. The van der Waals surface area contributed by atoms with E-state index in [1.54, 1.807) is 46.0 Å². The number of thiol groups is 1. The highest BCUT2D eigenvalue weighted by Gasteiger charge is 2.38. The Bertz CT molecular complexity index is 1430. The molecule has 2 aliphatic heterocycles. The number of benzene rings is 2. The maximum Gasteiger partial charge on any atom is 0.262 e. The van der Waals surface area contributed by atoms with Gasteiger partial charge in [0.1, 0.15) is 29.5 Å². The monoisotopic (exact) mass is 652 g/mol. The first kappa shape index (κ1) is 30.2. The van der Waals surface area contributed by atoms with Crippen LogP contribution in [0.2, 0.25) is 15.1 Å². The predicted octanol–water partition coefficient (Wildman–Crippen LogP) is 4.10. The van der Waals surface area contributed by atoms with Gasteiger partial charge in [0, 0.05) is 53.4 Å². The Kier molecular flexibility index (Phi) is 9.54. The molecule has 2 unspecified atom stereocenters.